The Labute approximate surface area is 134 Å². The zero-order valence-corrected chi connectivity index (χ0v) is 14.4. The highest BCUT2D eigenvalue weighted by Crippen LogP contribution is 2.27. The van der Waals surface area contributed by atoms with Crippen LogP contribution in [-0.4, -0.2) is 29.5 Å². The van der Waals surface area contributed by atoms with Gasteiger partial charge in [0.05, 0.1) is 25.0 Å². The van der Waals surface area contributed by atoms with E-state index in [0.29, 0.717) is 29.6 Å². The van der Waals surface area contributed by atoms with E-state index in [1.54, 1.807) is 13.3 Å². The maximum absolute atomic E-state index is 12.2. The van der Waals surface area contributed by atoms with Crippen molar-refractivity contribution in [1.82, 2.24) is 9.78 Å². The number of anilines is 1. The summed E-state index contributed by atoms with van der Waals surface area (Å²) in [6, 6.07) is 0.417. The van der Waals surface area contributed by atoms with Crippen molar-refractivity contribution in [1.29, 1.82) is 0 Å². The Balaban J connectivity index is 2.13. The summed E-state index contributed by atoms with van der Waals surface area (Å²) in [6.07, 6.45) is 7.99. The van der Waals surface area contributed by atoms with E-state index < -0.39 is 0 Å². The Kier molecular flexibility index (Phi) is 6.23. The first-order chi connectivity index (χ1) is 10.1. The third-order valence-electron chi connectivity index (χ3n) is 4.19. The fraction of sp³-hybridized carbons (Fsp3) is 0.733. The minimum absolute atomic E-state index is 0.113. The Hall–Kier alpha value is -0.880. The van der Waals surface area contributed by atoms with Crippen molar-refractivity contribution < 1.29 is 4.74 Å². The van der Waals surface area contributed by atoms with Crippen molar-refractivity contribution in [2.45, 2.75) is 51.6 Å². The number of ether oxygens (including phenoxy) is 1. The molecule has 1 aliphatic carbocycles. The van der Waals surface area contributed by atoms with Crippen molar-refractivity contribution in [3.63, 3.8) is 0 Å². The monoisotopic (exact) mass is 357 g/mol. The predicted molar refractivity (Wildman–Crippen MR) is 87.7 cm³/mol. The smallest absolute Gasteiger partial charge is 0.283 e. The highest BCUT2D eigenvalue weighted by molar-refractivity contribution is 9.10. The van der Waals surface area contributed by atoms with Gasteiger partial charge in [0.25, 0.3) is 5.56 Å². The molecule has 1 fully saturated rings. The molecular formula is C15H24BrN3O2. The molecule has 21 heavy (non-hydrogen) atoms. The van der Waals surface area contributed by atoms with E-state index in [4.69, 9.17) is 4.74 Å². The number of nitrogens with one attached hydrogen (secondary N) is 1. The second-order valence-corrected chi connectivity index (χ2v) is 6.55. The molecule has 6 heteroatoms. The maximum Gasteiger partial charge on any atom is 0.283 e. The molecule has 0 saturated heterocycles. The molecule has 118 valence electrons. The minimum Gasteiger partial charge on any atom is -0.383 e. The van der Waals surface area contributed by atoms with E-state index >= 15 is 0 Å². The largest absolute Gasteiger partial charge is 0.383 e. The Morgan fingerprint density at radius 1 is 1.43 bits per heavy atom. The lowest BCUT2D eigenvalue weighted by atomic mass is 9.97. The molecule has 2 unspecified atom stereocenters. The van der Waals surface area contributed by atoms with Gasteiger partial charge in [-0.15, -0.1) is 0 Å². The summed E-state index contributed by atoms with van der Waals surface area (Å²) in [6.45, 7) is 3.23. The molecule has 2 atom stereocenters. The molecule has 0 bridgehead atoms. The number of hydrogen-bond acceptors (Lipinski definition) is 4. The van der Waals surface area contributed by atoms with Crippen LogP contribution in [0.5, 0.6) is 0 Å². The van der Waals surface area contributed by atoms with Crippen LogP contribution in [0.4, 0.5) is 5.69 Å². The van der Waals surface area contributed by atoms with Crippen LogP contribution in [-0.2, 0) is 11.3 Å². The number of nitrogens with zero attached hydrogens (tertiary/aromatic N) is 2. The summed E-state index contributed by atoms with van der Waals surface area (Å²) in [4.78, 5) is 12.2. The first-order valence-electron chi connectivity index (χ1n) is 7.64. The van der Waals surface area contributed by atoms with Gasteiger partial charge in [-0.3, -0.25) is 4.79 Å². The highest BCUT2D eigenvalue weighted by atomic mass is 79.9. The van der Waals surface area contributed by atoms with Gasteiger partial charge in [-0.05, 0) is 34.7 Å². The lowest BCUT2D eigenvalue weighted by Crippen LogP contribution is -2.30. The van der Waals surface area contributed by atoms with Crippen LogP contribution in [0.25, 0.3) is 0 Å². The van der Waals surface area contributed by atoms with Crippen LogP contribution < -0.4 is 10.9 Å². The fourth-order valence-corrected chi connectivity index (χ4v) is 3.23. The van der Waals surface area contributed by atoms with Crippen LogP contribution >= 0.6 is 15.9 Å². The first-order valence-corrected chi connectivity index (χ1v) is 8.44. The lowest BCUT2D eigenvalue weighted by molar-refractivity contribution is 0.181. The standard InChI is InChI=1S/C15H24BrN3O2/c1-11-6-4-3-5-7-12(11)18-13-10-17-19(8-9-21-2)15(20)14(13)16/h10-12,18H,3-9H2,1-2H3. The van der Waals surface area contributed by atoms with Crippen molar-refractivity contribution in [3.05, 3.63) is 21.0 Å². The quantitative estimate of drug-likeness (QED) is 0.822. The second-order valence-electron chi connectivity index (χ2n) is 5.76. The van der Waals surface area contributed by atoms with Gasteiger partial charge in [-0.2, -0.15) is 5.10 Å². The zero-order valence-electron chi connectivity index (χ0n) is 12.8. The molecule has 1 N–H and O–H groups in total. The molecule has 0 amide bonds. The molecule has 1 saturated carbocycles. The summed E-state index contributed by atoms with van der Waals surface area (Å²) in [5.41, 5.74) is 0.686. The van der Waals surface area contributed by atoms with E-state index in [0.717, 1.165) is 12.1 Å². The summed E-state index contributed by atoms with van der Waals surface area (Å²) >= 11 is 3.41. The normalized spacial score (nSPS) is 22.8. The summed E-state index contributed by atoms with van der Waals surface area (Å²) in [5.74, 6) is 0.621. The van der Waals surface area contributed by atoms with Gasteiger partial charge in [0, 0.05) is 13.2 Å². The zero-order chi connectivity index (χ0) is 15.2. The van der Waals surface area contributed by atoms with Gasteiger partial charge in [0.15, 0.2) is 0 Å². The molecule has 0 radical (unpaired) electrons. The molecule has 1 aromatic heterocycles. The second kappa shape index (κ2) is 7.94. The van der Waals surface area contributed by atoms with Crippen molar-refractivity contribution in [2.75, 3.05) is 19.0 Å². The summed E-state index contributed by atoms with van der Waals surface area (Å²) in [5, 5.41) is 7.73. The number of aromatic nitrogens is 2. The SMILES string of the molecule is COCCn1ncc(NC2CCCCCC2C)c(Br)c1=O. The van der Waals surface area contributed by atoms with Crippen LogP contribution in [0.1, 0.15) is 39.0 Å². The molecule has 0 aliphatic heterocycles. The first kappa shape index (κ1) is 16.5. The number of halogens is 1. The van der Waals surface area contributed by atoms with Gasteiger partial charge >= 0.3 is 0 Å². The van der Waals surface area contributed by atoms with Crippen molar-refractivity contribution in [3.8, 4) is 0 Å². The maximum atomic E-state index is 12.2. The number of rotatable bonds is 5. The lowest BCUT2D eigenvalue weighted by Gasteiger charge is -2.24. The van der Waals surface area contributed by atoms with E-state index in [9.17, 15) is 4.79 Å². The molecule has 1 aliphatic rings. The Bertz CT molecular complexity index is 518. The van der Waals surface area contributed by atoms with E-state index in [1.165, 1.54) is 30.4 Å². The van der Waals surface area contributed by atoms with E-state index in [2.05, 4.69) is 33.3 Å². The third-order valence-corrected chi connectivity index (χ3v) is 4.96. The molecule has 1 heterocycles. The molecule has 0 aromatic carbocycles. The molecule has 2 rings (SSSR count). The van der Waals surface area contributed by atoms with Crippen LogP contribution in [0.2, 0.25) is 0 Å². The van der Waals surface area contributed by atoms with E-state index in [-0.39, 0.29) is 5.56 Å². The topological polar surface area (TPSA) is 56.1 Å². The van der Waals surface area contributed by atoms with Gasteiger partial charge in [0.1, 0.15) is 4.47 Å². The Morgan fingerprint density at radius 3 is 2.95 bits per heavy atom. The van der Waals surface area contributed by atoms with Crippen molar-refractivity contribution in [2.24, 2.45) is 5.92 Å². The van der Waals surface area contributed by atoms with E-state index in [1.807, 2.05) is 0 Å². The van der Waals surface area contributed by atoms with Gasteiger partial charge < -0.3 is 10.1 Å². The summed E-state index contributed by atoms with van der Waals surface area (Å²) in [7, 11) is 1.61. The average molecular weight is 358 g/mol. The van der Waals surface area contributed by atoms with Gasteiger partial charge in [0.2, 0.25) is 0 Å². The number of methoxy groups -OCH3 is 1. The predicted octanol–water partition coefficient (Wildman–Crippen LogP) is 3.03. The fourth-order valence-electron chi connectivity index (χ4n) is 2.81. The molecule has 0 spiro atoms. The molecule has 5 nitrogen and oxygen atoms in total. The van der Waals surface area contributed by atoms with Crippen molar-refractivity contribution >= 4 is 21.6 Å². The van der Waals surface area contributed by atoms with Crippen LogP contribution in [0.3, 0.4) is 0 Å². The van der Waals surface area contributed by atoms with Gasteiger partial charge in [-0.25, -0.2) is 4.68 Å². The Morgan fingerprint density at radius 2 is 2.19 bits per heavy atom. The molecule has 1 aromatic rings. The van der Waals surface area contributed by atoms with Gasteiger partial charge in [-0.1, -0.05) is 26.2 Å². The molecular weight excluding hydrogens is 334 g/mol. The minimum atomic E-state index is -0.113. The average Bonchev–Trinajstić information content (AvgIpc) is 2.68. The summed E-state index contributed by atoms with van der Waals surface area (Å²) < 4.78 is 6.98. The highest BCUT2D eigenvalue weighted by Gasteiger charge is 2.21. The van der Waals surface area contributed by atoms with Crippen LogP contribution in [0.15, 0.2) is 15.5 Å². The van der Waals surface area contributed by atoms with Crippen LogP contribution in [0, 0.1) is 5.92 Å². The number of hydrogen-bond donors (Lipinski definition) is 1. The third kappa shape index (κ3) is 4.30.